The molecule has 0 aliphatic heterocycles. The third-order valence-corrected chi connectivity index (χ3v) is 6.59. The van der Waals surface area contributed by atoms with Crippen LogP contribution in [0.1, 0.15) is 29.8 Å². The zero-order valence-corrected chi connectivity index (χ0v) is 20.8. The van der Waals surface area contributed by atoms with Crippen molar-refractivity contribution in [2.24, 2.45) is 5.92 Å². The van der Waals surface area contributed by atoms with Crippen LogP contribution in [-0.4, -0.2) is 45.8 Å². The summed E-state index contributed by atoms with van der Waals surface area (Å²) in [5.74, 6) is -0.293. The minimum Gasteiger partial charge on any atom is -0.465 e. The average Bonchev–Trinajstić information content (AvgIpc) is 3.26. The van der Waals surface area contributed by atoms with Gasteiger partial charge >= 0.3 is 5.97 Å². The Hall–Kier alpha value is -3.59. The second-order valence-electron chi connectivity index (χ2n) is 8.68. The van der Waals surface area contributed by atoms with Crippen LogP contribution in [0, 0.1) is 5.92 Å². The van der Waals surface area contributed by atoms with Crippen LogP contribution in [0.15, 0.2) is 58.6 Å². The molecule has 0 fully saturated rings. The van der Waals surface area contributed by atoms with E-state index >= 15 is 0 Å². The fraction of sp³-hybridized carbons (Fsp3) is 0.308. The number of aromatic nitrogens is 3. The highest BCUT2D eigenvalue weighted by Gasteiger charge is 2.16. The molecule has 2 heterocycles. The molecule has 2 N–H and O–H groups in total. The maximum atomic E-state index is 13.2. The first kappa shape index (κ1) is 24.5. The van der Waals surface area contributed by atoms with Gasteiger partial charge in [-0.05, 0) is 42.2 Å². The van der Waals surface area contributed by atoms with Crippen molar-refractivity contribution in [3.05, 3.63) is 70.1 Å². The van der Waals surface area contributed by atoms with Crippen molar-refractivity contribution in [3.63, 3.8) is 0 Å². The van der Waals surface area contributed by atoms with Crippen molar-refractivity contribution < 1.29 is 14.3 Å². The zero-order valence-electron chi connectivity index (χ0n) is 20.0. The molecule has 0 aliphatic carbocycles. The quantitative estimate of drug-likeness (QED) is 0.209. The molecule has 2 aromatic carbocycles. The summed E-state index contributed by atoms with van der Waals surface area (Å²) in [6, 6.07) is 12.8. The third kappa shape index (κ3) is 5.57. The van der Waals surface area contributed by atoms with Gasteiger partial charge in [-0.1, -0.05) is 43.8 Å². The van der Waals surface area contributed by atoms with Crippen LogP contribution in [-0.2, 0) is 22.5 Å². The number of nitrogens with zero attached hydrogens (tertiary/aromatic N) is 2. The van der Waals surface area contributed by atoms with Gasteiger partial charge < -0.3 is 15.0 Å². The molecular formula is C26H28N4O4S. The van der Waals surface area contributed by atoms with Crippen LogP contribution < -0.4 is 10.9 Å². The summed E-state index contributed by atoms with van der Waals surface area (Å²) in [5.41, 5.74) is 2.75. The van der Waals surface area contributed by atoms with Gasteiger partial charge in [0.15, 0.2) is 5.16 Å². The van der Waals surface area contributed by atoms with Gasteiger partial charge in [-0.15, -0.1) is 0 Å². The van der Waals surface area contributed by atoms with E-state index in [4.69, 9.17) is 4.74 Å². The van der Waals surface area contributed by atoms with Gasteiger partial charge in [-0.2, -0.15) is 0 Å². The van der Waals surface area contributed by atoms with Gasteiger partial charge in [0.2, 0.25) is 5.91 Å². The number of carbonyl (C=O) groups is 2. The second-order valence-corrected chi connectivity index (χ2v) is 9.62. The van der Waals surface area contributed by atoms with Crippen LogP contribution >= 0.6 is 11.8 Å². The van der Waals surface area contributed by atoms with Gasteiger partial charge in [0, 0.05) is 30.2 Å². The Kier molecular flexibility index (Phi) is 7.55. The maximum Gasteiger partial charge on any atom is 0.337 e. The van der Waals surface area contributed by atoms with Crippen molar-refractivity contribution in [3.8, 4) is 0 Å². The summed E-state index contributed by atoms with van der Waals surface area (Å²) in [6.45, 7) is 5.02. The van der Waals surface area contributed by atoms with E-state index < -0.39 is 5.97 Å². The van der Waals surface area contributed by atoms with E-state index in [2.05, 4.69) is 21.4 Å². The van der Waals surface area contributed by atoms with Crippen molar-refractivity contribution in [1.29, 1.82) is 0 Å². The molecule has 182 valence electrons. The van der Waals surface area contributed by atoms with E-state index in [0.29, 0.717) is 41.1 Å². The Morgan fingerprint density at radius 3 is 2.74 bits per heavy atom. The van der Waals surface area contributed by atoms with Crippen LogP contribution in [0.2, 0.25) is 0 Å². The SMILES string of the molecule is COC(=O)c1ccc2c(=O)n(CC(C)C)c(SCC(=O)NCCc3c[nH]c4ccccc34)nc2c1. The smallest absolute Gasteiger partial charge is 0.337 e. The number of H-pyrrole nitrogens is 1. The van der Waals surface area contributed by atoms with E-state index in [0.717, 1.165) is 16.5 Å². The number of amides is 1. The molecule has 35 heavy (non-hydrogen) atoms. The highest BCUT2D eigenvalue weighted by molar-refractivity contribution is 7.99. The number of para-hydroxylation sites is 1. The molecule has 4 rings (SSSR count). The Morgan fingerprint density at radius 1 is 1.17 bits per heavy atom. The molecule has 2 aromatic heterocycles. The van der Waals surface area contributed by atoms with Crippen molar-refractivity contribution >= 4 is 45.4 Å². The standard InChI is InChI=1S/C26H28N4O4S/c1-16(2)14-30-24(32)20-9-8-17(25(33)34-3)12-22(20)29-26(30)35-15-23(31)27-11-10-18-13-28-21-7-5-4-6-19(18)21/h4-9,12-13,16,28H,10-11,14-15H2,1-3H3,(H,27,31). The summed E-state index contributed by atoms with van der Waals surface area (Å²) in [6.07, 6.45) is 2.68. The molecule has 0 unspecified atom stereocenters. The Balaban J connectivity index is 1.47. The fourth-order valence-electron chi connectivity index (χ4n) is 3.94. The highest BCUT2D eigenvalue weighted by Crippen LogP contribution is 2.21. The number of ether oxygens (including phenoxy) is 1. The van der Waals surface area contributed by atoms with Gasteiger partial charge in [-0.3, -0.25) is 14.2 Å². The molecule has 0 bridgehead atoms. The van der Waals surface area contributed by atoms with Crippen LogP contribution in [0.3, 0.4) is 0 Å². The first-order valence-corrected chi connectivity index (χ1v) is 12.4. The predicted octanol–water partition coefficient (Wildman–Crippen LogP) is 3.77. The summed E-state index contributed by atoms with van der Waals surface area (Å²) < 4.78 is 6.38. The lowest BCUT2D eigenvalue weighted by atomic mass is 10.1. The predicted molar refractivity (Wildman–Crippen MR) is 138 cm³/mol. The lowest BCUT2D eigenvalue weighted by Gasteiger charge is -2.15. The minimum absolute atomic E-state index is 0.126. The van der Waals surface area contributed by atoms with E-state index in [9.17, 15) is 14.4 Å². The number of nitrogens with one attached hydrogen (secondary N) is 2. The molecule has 0 saturated carbocycles. The molecule has 8 nitrogen and oxygen atoms in total. The van der Waals surface area contributed by atoms with Crippen molar-refractivity contribution in [1.82, 2.24) is 19.9 Å². The van der Waals surface area contributed by atoms with E-state index in [-0.39, 0.29) is 23.1 Å². The largest absolute Gasteiger partial charge is 0.465 e. The molecule has 0 spiro atoms. The number of fused-ring (bicyclic) bond motifs is 2. The summed E-state index contributed by atoms with van der Waals surface area (Å²) in [4.78, 5) is 45.5. The van der Waals surface area contributed by atoms with E-state index in [1.165, 1.54) is 18.9 Å². The topological polar surface area (TPSA) is 106 Å². The summed E-state index contributed by atoms with van der Waals surface area (Å²) >= 11 is 1.21. The van der Waals surface area contributed by atoms with Gasteiger partial charge in [0.1, 0.15) is 0 Å². The van der Waals surface area contributed by atoms with E-state index in [1.54, 1.807) is 22.8 Å². The molecule has 0 atom stereocenters. The Labute approximate surface area is 207 Å². The number of benzene rings is 2. The number of rotatable bonds is 9. The number of hydrogen-bond donors (Lipinski definition) is 2. The first-order chi connectivity index (χ1) is 16.9. The first-order valence-electron chi connectivity index (χ1n) is 11.4. The molecular weight excluding hydrogens is 464 g/mol. The second kappa shape index (κ2) is 10.8. The average molecular weight is 493 g/mol. The monoisotopic (exact) mass is 492 g/mol. The summed E-state index contributed by atoms with van der Waals surface area (Å²) in [7, 11) is 1.30. The van der Waals surface area contributed by atoms with Gasteiger partial charge in [-0.25, -0.2) is 9.78 Å². The highest BCUT2D eigenvalue weighted by atomic mass is 32.2. The van der Waals surface area contributed by atoms with Crippen molar-refractivity contribution in [2.45, 2.75) is 32.0 Å². The van der Waals surface area contributed by atoms with E-state index in [1.807, 2.05) is 38.2 Å². The van der Waals surface area contributed by atoms with Crippen LogP contribution in [0.5, 0.6) is 0 Å². The van der Waals surface area contributed by atoms with Crippen LogP contribution in [0.4, 0.5) is 0 Å². The Morgan fingerprint density at radius 2 is 1.97 bits per heavy atom. The van der Waals surface area contributed by atoms with Gasteiger partial charge in [0.25, 0.3) is 5.56 Å². The number of methoxy groups -OCH3 is 1. The third-order valence-electron chi connectivity index (χ3n) is 5.61. The molecule has 1 amide bonds. The number of carbonyl (C=O) groups excluding carboxylic acids is 2. The van der Waals surface area contributed by atoms with Gasteiger partial charge in [0.05, 0.1) is 29.3 Å². The number of hydrogen-bond acceptors (Lipinski definition) is 6. The zero-order chi connectivity index (χ0) is 24.9. The minimum atomic E-state index is -0.496. The summed E-state index contributed by atoms with van der Waals surface area (Å²) in [5, 5.41) is 4.97. The molecule has 0 saturated heterocycles. The lowest BCUT2D eigenvalue weighted by Crippen LogP contribution is -2.29. The number of thioether (sulfide) groups is 1. The van der Waals surface area contributed by atoms with Crippen molar-refractivity contribution in [2.75, 3.05) is 19.4 Å². The number of aromatic amines is 1. The fourth-order valence-corrected chi connectivity index (χ4v) is 4.78. The molecule has 0 aliphatic rings. The Bertz CT molecular complexity index is 1440. The maximum absolute atomic E-state index is 13.2. The number of esters is 1. The molecule has 0 radical (unpaired) electrons. The molecule has 4 aromatic rings. The lowest BCUT2D eigenvalue weighted by molar-refractivity contribution is -0.118. The van der Waals surface area contributed by atoms with Crippen LogP contribution in [0.25, 0.3) is 21.8 Å². The molecule has 9 heteroatoms. The normalized spacial score (nSPS) is 11.3.